The second-order valence-corrected chi connectivity index (χ2v) is 9.09. The Morgan fingerprint density at radius 3 is 1.88 bits per heavy atom. The Labute approximate surface area is 198 Å². The normalized spacial score (nSPS) is 10.8. The van der Waals surface area contributed by atoms with Crippen molar-refractivity contribution in [1.29, 1.82) is 0 Å². The summed E-state index contributed by atoms with van der Waals surface area (Å²) in [5, 5.41) is 0. The van der Waals surface area contributed by atoms with Crippen molar-refractivity contribution in [3.63, 3.8) is 0 Å². The zero-order chi connectivity index (χ0) is 24.9. The maximum atomic E-state index is 12.7. The lowest BCUT2D eigenvalue weighted by molar-refractivity contribution is 0.0846. The van der Waals surface area contributed by atoms with E-state index in [2.05, 4.69) is 15.6 Å². The first-order valence-electron chi connectivity index (χ1n) is 10.2. The molecule has 0 atom stereocenters. The Balaban J connectivity index is 1.64. The molecule has 3 aromatic carbocycles. The minimum atomic E-state index is -3.83. The molecule has 3 N–H and O–H groups in total. The van der Waals surface area contributed by atoms with Gasteiger partial charge in [0.25, 0.3) is 21.8 Å². The van der Waals surface area contributed by atoms with Gasteiger partial charge < -0.3 is 9.47 Å². The molecule has 9 nitrogen and oxygen atoms in total. The van der Waals surface area contributed by atoms with Gasteiger partial charge in [-0.05, 0) is 79.6 Å². The lowest BCUT2D eigenvalue weighted by atomic mass is 10.1. The van der Waals surface area contributed by atoms with Crippen molar-refractivity contribution in [2.75, 3.05) is 18.9 Å². The highest BCUT2D eigenvalue weighted by Crippen LogP contribution is 2.27. The van der Waals surface area contributed by atoms with Crippen LogP contribution in [0.1, 0.15) is 31.8 Å². The minimum Gasteiger partial charge on any atom is -0.493 e. The summed E-state index contributed by atoms with van der Waals surface area (Å²) in [5.74, 6) is -0.344. The summed E-state index contributed by atoms with van der Waals surface area (Å²) in [4.78, 5) is 24.7. The van der Waals surface area contributed by atoms with Crippen molar-refractivity contribution < 1.29 is 27.5 Å². The summed E-state index contributed by atoms with van der Waals surface area (Å²) < 4.78 is 38.1. The summed E-state index contributed by atoms with van der Waals surface area (Å²) in [6, 6.07) is 15.2. The van der Waals surface area contributed by atoms with Gasteiger partial charge in [-0.15, -0.1) is 0 Å². The van der Waals surface area contributed by atoms with E-state index in [1.807, 2.05) is 19.9 Å². The molecule has 0 saturated carbocycles. The van der Waals surface area contributed by atoms with Gasteiger partial charge in [0.05, 0.1) is 19.1 Å². The first kappa shape index (κ1) is 24.6. The fraction of sp³-hybridized carbons (Fsp3) is 0.167. The zero-order valence-corrected chi connectivity index (χ0v) is 19.9. The van der Waals surface area contributed by atoms with Crippen LogP contribution in [0.5, 0.6) is 11.5 Å². The van der Waals surface area contributed by atoms with Crippen LogP contribution in [0.2, 0.25) is 0 Å². The number of amides is 2. The highest BCUT2D eigenvalue weighted by atomic mass is 32.2. The number of nitrogens with one attached hydrogen (secondary N) is 3. The second kappa shape index (κ2) is 10.3. The van der Waals surface area contributed by atoms with E-state index in [1.54, 1.807) is 18.2 Å². The van der Waals surface area contributed by atoms with Crippen LogP contribution in [0.15, 0.2) is 65.6 Å². The first-order valence-corrected chi connectivity index (χ1v) is 11.7. The molecule has 34 heavy (non-hydrogen) atoms. The van der Waals surface area contributed by atoms with Crippen LogP contribution in [-0.2, 0) is 10.0 Å². The van der Waals surface area contributed by atoms with Gasteiger partial charge in [-0.1, -0.05) is 6.07 Å². The third kappa shape index (κ3) is 5.65. The molecule has 0 aromatic heterocycles. The molecule has 0 aliphatic carbocycles. The van der Waals surface area contributed by atoms with Gasteiger partial charge in [-0.2, -0.15) is 0 Å². The Hall–Kier alpha value is -4.05. The summed E-state index contributed by atoms with van der Waals surface area (Å²) in [5.41, 5.74) is 7.48. The standard InChI is InChI=1S/C24H25N3O6S/c1-15-5-9-19(13-16(15)2)27-34(30,31)20-10-6-17(7-11-20)23(28)25-26-24(29)18-8-12-21(32-3)22(14-18)33-4/h5-14,27H,1-4H3,(H,25,28)(H,26,29). The van der Waals surface area contributed by atoms with Gasteiger partial charge in [0.15, 0.2) is 11.5 Å². The number of hydrogen-bond donors (Lipinski definition) is 3. The number of carbonyl (C=O) groups is 2. The molecule has 0 saturated heterocycles. The number of hydrogen-bond acceptors (Lipinski definition) is 6. The summed E-state index contributed by atoms with van der Waals surface area (Å²) >= 11 is 0. The number of ether oxygens (including phenoxy) is 2. The molecule has 0 spiro atoms. The quantitative estimate of drug-likeness (QED) is 0.444. The number of rotatable bonds is 7. The van der Waals surface area contributed by atoms with Gasteiger partial charge >= 0.3 is 0 Å². The van der Waals surface area contributed by atoms with Crippen LogP contribution in [-0.4, -0.2) is 34.5 Å². The fourth-order valence-corrected chi connectivity index (χ4v) is 4.09. The molecule has 0 fully saturated rings. The van der Waals surface area contributed by atoms with Gasteiger partial charge in [0.2, 0.25) is 0 Å². The number of sulfonamides is 1. The van der Waals surface area contributed by atoms with Crippen LogP contribution in [0, 0.1) is 13.8 Å². The third-order valence-corrected chi connectivity index (χ3v) is 6.52. The van der Waals surface area contributed by atoms with E-state index in [1.165, 1.54) is 50.6 Å². The van der Waals surface area contributed by atoms with E-state index in [-0.39, 0.29) is 16.0 Å². The van der Waals surface area contributed by atoms with Crippen molar-refractivity contribution in [1.82, 2.24) is 10.9 Å². The number of carbonyl (C=O) groups excluding carboxylic acids is 2. The van der Waals surface area contributed by atoms with Crippen molar-refractivity contribution in [2.24, 2.45) is 0 Å². The first-order chi connectivity index (χ1) is 16.1. The molecule has 0 radical (unpaired) electrons. The predicted molar refractivity (Wildman–Crippen MR) is 128 cm³/mol. The molecular weight excluding hydrogens is 458 g/mol. The van der Waals surface area contributed by atoms with E-state index in [4.69, 9.17) is 9.47 Å². The summed E-state index contributed by atoms with van der Waals surface area (Å²) in [6.07, 6.45) is 0. The lowest BCUT2D eigenvalue weighted by Gasteiger charge is -2.12. The molecule has 0 aliphatic heterocycles. The van der Waals surface area contributed by atoms with Crippen LogP contribution >= 0.6 is 0 Å². The number of methoxy groups -OCH3 is 2. The molecule has 0 bridgehead atoms. The predicted octanol–water partition coefficient (Wildman–Crippen LogP) is 3.20. The Morgan fingerprint density at radius 1 is 0.706 bits per heavy atom. The van der Waals surface area contributed by atoms with Gasteiger partial charge in [-0.3, -0.25) is 25.2 Å². The molecule has 10 heteroatoms. The van der Waals surface area contributed by atoms with Crippen molar-refractivity contribution in [3.8, 4) is 11.5 Å². The Bertz CT molecular complexity index is 1320. The highest BCUT2D eigenvalue weighted by Gasteiger charge is 2.16. The van der Waals surface area contributed by atoms with Gasteiger partial charge in [0, 0.05) is 16.8 Å². The number of benzene rings is 3. The van der Waals surface area contributed by atoms with E-state index in [9.17, 15) is 18.0 Å². The molecule has 178 valence electrons. The number of anilines is 1. The van der Waals surface area contributed by atoms with Gasteiger partial charge in [-0.25, -0.2) is 8.42 Å². The van der Waals surface area contributed by atoms with Crippen LogP contribution in [0.4, 0.5) is 5.69 Å². The molecule has 0 unspecified atom stereocenters. The van der Waals surface area contributed by atoms with E-state index in [0.717, 1.165) is 11.1 Å². The zero-order valence-electron chi connectivity index (χ0n) is 19.1. The maximum absolute atomic E-state index is 12.7. The van der Waals surface area contributed by atoms with Crippen molar-refractivity contribution in [3.05, 3.63) is 82.9 Å². The largest absolute Gasteiger partial charge is 0.493 e. The lowest BCUT2D eigenvalue weighted by Crippen LogP contribution is -2.41. The number of hydrazine groups is 1. The average Bonchev–Trinajstić information content (AvgIpc) is 2.84. The second-order valence-electron chi connectivity index (χ2n) is 7.41. The topological polar surface area (TPSA) is 123 Å². The van der Waals surface area contributed by atoms with Crippen LogP contribution in [0.3, 0.4) is 0 Å². The molecule has 3 rings (SSSR count). The summed E-state index contributed by atoms with van der Waals surface area (Å²) in [6.45, 7) is 3.83. The average molecular weight is 484 g/mol. The van der Waals surface area contributed by atoms with E-state index in [0.29, 0.717) is 17.2 Å². The maximum Gasteiger partial charge on any atom is 0.269 e. The van der Waals surface area contributed by atoms with Crippen LogP contribution in [0.25, 0.3) is 0 Å². The summed E-state index contributed by atoms with van der Waals surface area (Å²) in [7, 11) is -0.906. The smallest absolute Gasteiger partial charge is 0.269 e. The van der Waals surface area contributed by atoms with Crippen LogP contribution < -0.4 is 25.0 Å². The fourth-order valence-electron chi connectivity index (χ4n) is 3.04. The number of aryl methyl sites for hydroxylation is 2. The minimum absolute atomic E-state index is 0.00311. The third-order valence-electron chi connectivity index (χ3n) is 5.12. The van der Waals surface area contributed by atoms with E-state index >= 15 is 0 Å². The molecule has 3 aromatic rings. The van der Waals surface area contributed by atoms with E-state index < -0.39 is 21.8 Å². The van der Waals surface area contributed by atoms with Crippen molar-refractivity contribution in [2.45, 2.75) is 18.7 Å². The monoisotopic (exact) mass is 483 g/mol. The molecule has 0 heterocycles. The molecular formula is C24H25N3O6S. The molecule has 0 aliphatic rings. The van der Waals surface area contributed by atoms with Crippen molar-refractivity contribution >= 4 is 27.5 Å². The Morgan fingerprint density at radius 2 is 1.29 bits per heavy atom. The highest BCUT2D eigenvalue weighted by molar-refractivity contribution is 7.92. The Kier molecular flexibility index (Phi) is 7.42. The molecule has 2 amide bonds. The SMILES string of the molecule is COc1ccc(C(=O)NNC(=O)c2ccc(S(=O)(=O)Nc3ccc(C)c(C)c3)cc2)cc1OC. The van der Waals surface area contributed by atoms with Gasteiger partial charge in [0.1, 0.15) is 0 Å².